The third-order valence-electron chi connectivity index (χ3n) is 3.50. The molecular formula is C15H18BrF3O7S. The fourth-order valence-electron chi connectivity index (χ4n) is 2.31. The first kappa shape index (κ1) is 22.4. The van der Waals surface area contributed by atoms with Crippen LogP contribution in [0.5, 0.6) is 5.75 Å². The van der Waals surface area contributed by atoms with Gasteiger partial charge in [-0.1, -0.05) is 15.9 Å². The Morgan fingerprint density at radius 1 is 1.26 bits per heavy atom. The van der Waals surface area contributed by atoms with Crippen LogP contribution in [0.25, 0.3) is 0 Å². The molecule has 1 aliphatic rings. The van der Waals surface area contributed by atoms with Gasteiger partial charge in [-0.25, -0.2) is 0 Å². The van der Waals surface area contributed by atoms with Crippen LogP contribution >= 0.6 is 15.9 Å². The van der Waals surface area contributed by atoms with Crippen LogP contribution in [0, 0.1) is 0 Å². The molecule has 0 unspecified atom stereocenters. The van der Waals surface area contributed by atoms with Crippen molar-refractivity contribution in [1.29, 1.82) is 0 Å². The number of ether oxygens (including phenoxy) is 4. The molecule has 0 saturated carbocycles. The number of benzene rings is 1. The zero-order chi connectivity index (χ0) is 20.1. The Labute approximate surface area is 162 Å². The van der Waals surface area contributed by atoms with E-state index in [1.54, 1.807) is 24.3 Å². The molecule has 1 aromatic rings. The average molecular weight is 479 g/mol. The van der Waals surface area contributed by atoms with Gasteiger partial charge in [-0.2, -0.15) is 21.6 Å². The molecule has 2 rings (SSSR count). The van der Waals surface area contributed by atoms with Crippen molar-refractivity contribution in [3.8, 4) is 5.75 Å². The standard InChI is InChI=1S/C15H18BrF3O7S/c1-22-8-14(10-25-27(20,21)15(17,18)19)9-23-6-13(26-14)7-24-12-4-2-11(16)3-5-12/h2-5,13H,6-10H2,1H3/t13-,14-/m0/s1. The van der Waals surface area contributed by atoms with Crippen molar-refractivity contribution in [2.24, 2.45) is 0 Å². The lowest BCUT2D eigenvalue weighted by atomic mass is 10.1. The van der Waals surface area contributed by atoms with E-state index < -0.39 is 33.9 Å². The fourth-order valence-corrected chi connectivity index (χ4v) is 3.08. The molecule has 27 heavy (non-hydrogen) atoms. The van der Waals surface area contributed by atoms with Crippen molar-refractivity contribution in [2.45, 2.75) is 17.2 Å². The summed E-state index contributed by atoms with van der Waals surface area (Å²) in [6.07, 6.45) is -0.658. The summed E-state index contributed by atoms with van der Waals surface area (Å²) >= 11 is 3.30. The van der Waals surface area contributed by atoms with Crippen LogP contribution in [0.1, 0.15) is 0 Å². The Morgan fingerprint density at radius 3 is 2.52 bits per heavy atom. The monoisotopic (exact) mass is 478 g/mol. The van der Waals surface area contributed by atoms with Gasteiger partial charge in [-0.15, -0.1) is 0 Å². The number of methoxy groups -OCH3 is 1. The minimum absolute atomic E-state index is 0.0408. The smallest absolute Gasteiger partial charge is 0.491 e. The number of rotatable bonds is 8. The van der Waals surface area contributed by atoms with Crippen LogP contribution in [-0.2, 0) is 28.5 Å². The van der Waals surface area contributed by atoms with E-state index in [1.807, 2.05) is 0 Å². The average Bonchev–Trinajstić information content (AvgIpc) is 2.59. The van der Waals surface area contributed by atoms with E-state index in [2.05, 4.69) is 20.1 Å². The third kappa shape index (κ3) is 6.29. The molecule has 1 heterocycles. The molecule has 2 atom stereocenters. The molecule has 1 aromatic carbocycles. The van der Waals surface area contributed by atoms with Gasteiger partial charge in [0.05, 0.1) is 19.8 Å². The Bertz CT molecular complexity index is 707. The maximum absolute atomic E-state index is 12.5. The lowest BCUT2D eigenvalue weighted by Crippen LogP contribution is -2.55. The second-order valence-electron chi connectivity index (χ2n) is 5.80. The lowest BCUT2D eigenvalue weighted by Gasteiger charge is -2.39. The first-order valence-corrected chi connectivity index (χ1v) is 9.86. The molecule has 0 bridgehead atoms. The van der Waals surface area contributed by atoms with Gasteiger partial charge in [0, 0.05) is 11.6 Å². The summed E-state index contributed by atoms with van der Waals surface area (Å²) in [6.45, 7) is -1.16. The summed E-state index contributed by atoms with van der Waals surface area (Å²) in [5, 5.41) is 0. The van der Waals surface area contributed by atoms with E-state index in [0.717, 1.165) is 4.47 Å². The predicted octanol–water partition coefficient (Wildman–Crippen LogP) is 2.49. The Kier molecular flexibility index (Phi) is 7.50. The highest BCUT2D eigenvalue weighted by molar-refractivity contribution is 9.10. The maximum atomic E-state index is 12.5. The highest BCUT2D eigenvalue weighted by atomic mass is 79.9. The minimum Gasteiger partial charge on any atom is -0.491 e. The summed E-state index contributed by atoms with van der Waals surface area (Å²) in [5.41, 5.74) is -7.04. The lowest BCUT2D eigenvalue weighted by molar-refractivity contribution is -0.231. The van der Waals surface area contributed by atoms with E-state index in [4.69, 9.17) is 18.9 Å². The van der Waals surface area contributed by atoms with E-state index in [1.165, 1.54) is 7.11 Å². The molecule has 0 spiro atoms. The van der Waals surface area contributed by atoms with Crippen molar-refractivity contribution in [3.05, 3.63) is 28.7 Å². The summed E-state index contributed by atoms with van der Waals surface area (Å²) < 4.78 is 86.3. The molecule has 0 aliphatic carbocycles. The van der Waals surface area contributed by atoms with E-state index >= 15 is 0 Å². The van der Waals surface area contributed by atoms with Crippen LogP contribution in [-0.4, -0.2) is 65.8 Å². The van der Waals surface area contributed by atoms with Gasteiger partial charge in [0.25, 0.3) is 0 Å². The molecule has 7 nitrogen and oxygen atoms in total. The summed E-state index contributed by atoms with van der Waals surface area (Å²) in [5.74, 6) is 0.556. The molecule has 0 amide bonds. The van der Waals surface area contributed by atoms with Gasteiger partial charge in [-0.3, -0.25) is 4.18 Å². The summed E-state index contributed by atoms with van der Waals surface area (Å²) in [4.78, 5) is 0. The largest absolute Gasteiger partial charge is 0.523 e. The van der Waals surface area contributed by atoms with Crippen molar-refractivity contribution < 1.29 is 44.7 Å². The van der Waals surface area contributed by atoms with Gasteiger partial charge in [0.1, 0.15) is 30.7 Å². The van der Waals surface area contributed by atoms with E-state index in [0.29, 0.717) is 5.75 Å². The van der Waals surface area contributed by atoms with Crippen LogP contribution in [0.4, 0.5) is 13.2 Å². The number of hydrogen-bond acceptors (Lipinski definition) is 7. The topological polar surface area (TPSA) is 80.3 Å². The molecule has 154 valence electrons. The van der Waals surface area contributed by atoms with Gasteiger partial charge >= 0.3 is 15.6 Å². The third-order valence-corrected chi connectivity index (χ3v) is 5.03. The van der Waals surface area contributed by atoms with E-state index in [-0.39, 0.29) is 26.4 Å². The van der Waals surface area contributed by atoms with Crippen molar-refractivity contribution in [2.75, 3.05) is 40.1 Å². The predicted molar refractivity (Wildman–Crippen MR) is 90.9 cm³/mol. The van der Waals surface area contributed by atoms with Gasteiger partial charge < -0.3 is 18.9 Å². The summed E-state index contributed by atoms with van der Waals surface area (Å²) in [7, 11) is -4.46. The molecule has 0 aromatic heterocycles. The van der Waals surface area contributed by atoms with Gasteiger partial charge in [0.15, 0.2) is 0 Å². The Morgan fingerprint density at radius 2 is 1.93 bits per heavy atom. The van der Waals surface area contributed by atoms with Crippen LogP contribution in [0.2, 0.25) is 0 Å². The van der Waals surface area contributed by atoms with Gasteiger partial charge in [-0.05, 0) is 24.3 Å². The first-order valence-electron chi connectivity index (χ1n) is 7.65. The molecular weight excluding hydrogens is 461 g/mol. The molecule has 12 heteroatoms. The van der Waals surface area contributed by atoms with E-state index in [9.17, 15) is 21.6 Å². The second kappa shape index (κ2) is 9.05. The van der Waals surface area contributed by atoms with Crippen LogP contribution in [0.15, 0.2) is 28.7 Å². The Balaban J connectivity index is 2.00. The number of halogens is 4. The van der Waals surface area contributed by atoms with Crippen LogP contribution < -0.4 is 4.74 Å². The van der Waals surface area contributed by atoms with Crippen molar-refractivity contribution >= 4 is 26.0 Å². The maximum Gasteiger partial charge on any atom is 0.523 e. The highest BCUT2D eigenvalue weighted by Crippen LogP contribution is 2.28. The van der Waals surface area contributed by atoms with Gasteiger partial charge in [0.2, 0.25) is 0 Å². The highest BCUT2D eigenvalue weighted by Gasteiger charge is 2.50. The molecule has 0 N–H and O–H groups in total. The molecule has 1 fully saturated rings. The normalized spacial score (nSPS) is 24.0. The van der Waals surface area contributed by atoms with Crippen molar-refractivity contribution in [3.63, 3.8) is 0 Å². The molecule has 1 aliphatic heterocycles. The fraction of sp³-hybridized carbons (Fsp3) is 0.600. The van der Waals surface area contributed by atoms with Crippen LogP contribution in [0.3, 0.4) is 0 Å². The zero-order valence-corrected chi connectivity index (χ0v) is 16.6. The zero-order valence-electron chi connectivity index (χ0n) is 14.2. The van der Waals surface area contributed by atoms with Crippen molar-refractivity contribution in [1.82, 2.24) is 0 Å². The number of hydrogen-bond donors (Lipinski definition) is 0. The molecule has 0 radical (unpaired) electrons. The SMILES string of the molecule is COC[C@@]1(COS(=O)(=O)C(F)(F)F)COC[C@@H](COc2ccc(Br)cc2)O1. The summed E-state index contributed by atoms with van der Waals surface area (Å²) in [6, 6.07) is 6.99. The Hall–Kier alpha value is -0.920. The molecule has 1 saturated heterocycles. The number of alkyl halides is 3. The minimum atomic E-state index is -5.76. The quantitative estimate of drug-likeness (QED) is 0.419. The first-order chi connectivity index (χ1) is 12.6. The second-order valence-corrected chi connectivity index (χ2v) is 8.32.